The smallest absolute Gasteiger partial charge is 0.119 e. The van der Waals surface area contributed by atoms with Crippen molar-refractivity contribution in [2.45, 2.75) is 25.3 Å². The molecule has 110 valence electrons. The Morgan fingerprint density at radius 2 is 2.10 bits per heavy atom. The van der Waals surface area contributed by atoms with Crippen LogP contribution in [0.5, 0.6) is 5.75 Å². The van der Waals surface area contributed by atoms with Crippen LogP contribution in [-0.2, 0) is 6.42 Å². The van der Waals surface area contributed by atoms with E-state index in [4.69, 9.17) is 16.3 Å². The van der Waals surface area contributed by atoms with Crippen LogP contribution < -0.4 is 10.1 Å². The van der Waals surface area contributed by atoms with Crippen molar-refractivity contribution in [2.75, 3.05) is 12.4 Å². The molecule has 2 aromatic carbocycles. The van der Waals surface area contributed by atoms with Crippen LogP contribution in [0.1, 0.15) is 30.0 Å². The molecule has 1 N–H and O–H groups in total. The lowest BCUT2D eigenvalue weighted by Crippen LogP contribution is -2.17. The van der Waals surface area contributed by atoms with Gasteiger partial charge in [0.2, 0.25) is 0 Å². The SMILES string of the molecule is COc1ccc2c(c1)C(Nc1ccc(Br)c(Cl)c1)CCC2. The van der Waals surface area contributed by atoms with E-state index in [1.165, 1.54) is 17.5 Å². The molecule has 0 heterocycles. The predicted octanol–water partition coefficient (Wildman–Crippen LogP) is 5.60. The molecule has 0 saturated carbocycles. The minimum absolute atomic E-state index is 0.307. The van der Waals surface area contributed by atoms with Crippen molar-refractivity contribution in [3.63, 3.8) is 0 Å². The number of aryl methyl sites for hydroxylation is 1. The van der Waals surface area contributed by atoms with Gasteiger partial charge >= 0.3 is 0 Å². The third-order valence-electron chi connectivity index (χ3n) is 3.93. The molecule has 2 aromatic rings. The molecule has 1 atom stereocenters. The molecule has 0 radical (unpaired) electrons. The maximum atomic E-state index is 6.17. The number of benzene rings is 2. The van der Waals surface area contributed by atoms with E-state index in [0.29, 0.717) is 6.04 Å². The fraction of sp³-hybridized carbons (Fsp3) is 0.294. The van der Waals surface area contributed by atoms with E-state index in [9.17, 15) is 0 Å². The summed E-state index contributed by atoms with van der Waals surface area (Å²) in [5.74, 6) is 0.913. The van der Waals surface area contributed by atoms with Crippen molar-refractivity contribution in [3.05, 3.63) is 57.0 Å². The average molecular weight is 367 g/mol. The molecule has 1 aliphatic carbocycles. The Morgan fingerprint density at radius 1 is 1.24 bits per heavy atom. The van der Waals surface area contributed by atoms with Crippen molar-refractivity contribution in [1.82, 2.24) is 0 Å². The summed E-state index contributed by atoms with van der Waals surface area (Å²) in [4.78, 5) is 0. The minimum Gasteiger partial charge on any atom is -0.497 e. The van der Waals surface area contributed by atoms with Crippen LogP contribution in [0.25, 0.3) is 0 Å². The van der Waals surface area contributed by atoms with E-state index in [1.807, 2.05) is 24.3 Å². The van der Waals surface area contributed by atoms with Gasteiger partial charge in [-0.25, -0.2) is 0 Å². The molecule has 0 saturated heterocycles. The first-order valence-corrected chi connectivity index (χ1v) is 8.23. The number of nitrogens with one attached hydrogen (secondary N) is 1. The van der Waals surface area contributed by atoms with Crippen LogP contribution in [0.15, 0.2) is 40.9 Å². The van der Waals surface area contributed by atoms with Crippen LogP contribution in [-0.4, -0.2) is 7.11 Å². The quantitative estimate of drug-likeness (QED) is 0.763. The molecule has 2 nitrogen and oxygen atoms in total. The van der Waals surface area contributed by atoms with Gasteiger partial charge in [-0.1, -0.05) is 17.7 Å². The second kappa shape index (κ2) is 6.29. The van der Waals surface area contributed by atoms with E-state index in [0.717, 1.165) is 33.8 Å². The molecule has 0 fully saturated rings. The largest absolute Gasteiger partial charge is 0.497 e. The standard InChI is InChI=1S/C17H17BrClNO/c1-21-13-7-5-11-3-2-4-17(14(11)10-13)20-12-6-8-15(18)16(19)9-12/h5-10,17,20H,2-4H2,1H3. The Morgan fingerprint density at radius 3 is 2.86 bits per heavy atom. The van der Waals surface area contributed by atoms with Gasteiger partial charge < -0.3 is 10.1 Å². The van der Waals surface area contributed by atoms with Crippen LogP contribution in [0.2, 0.25) is 5.02 Å². The Kier molecular flexibility index (Phi) is 4.41. The van der Waals surface area contributed by atoms with E-state index < -0.39 is 0 Å². The molecular formula is C17H17BrClNO. The number of fused-ring (bicyclic) bond motifs is 1. The molecule has 1 unspecified atom stereocenters. The summed E-state index contributed by atoms with van der Waals surface area (Å²) in [6.07, 6.45) is 3.45. The van der Waals surface area contributed by atoms with E-state index >= 15 is 0 Å². The predicted molar refractivity (Wildman–Crippen MR) is 91.4 cm³/mol. The zero-order chi connectivity index (χ0) is 14.8. The van der Waals surface area contributed by atoms with Crippen molar-refractivity contribution < 1.29 is 4.74 Å². The van der Waals surface area contributed by atoms with Gasteiger partial charge in [-0.3, -0.25) is 0 Å². The number of hydrogen-bond donors (Lipinski definition) is 1. The Balaban J connectivity index is 1.88. The highest BCUT2D eigenvalue weighted by molar-refractivity contribution is 9.10. The summed E-state index contributed by atoms with van der Waals surface area (Å²) < 4.78 is 6.28. The number of ether oxygens (including phenoxy) is 1. The molecule has 0 bridgehead atoms. The van der Waals surface area contributed by atoms with Crippen molar-refractivity contribution in [3.8, 4) is 5.75 Å². The second-order valence-corrected chi connectivity index (χ2v) is 6.54. The van der Waals surface area contributed by atoms with Crippen molar-refractivity contribution in [1.29, 1.82) is 0 Å². The van der Waals surface area contributed by atoms with Crippen molar-refractivity contribution in [2.24, 2.45) is 0 Å². The number of anilines is 1. The summed E-state index contributed by atoms with van der Waals surface area (Å²) in [6, 6.07) is 12.6. The maximum Gasteiger partial charge on any atom is 0.119 e. The lowest BCUT2D eigenvalue weighted by atomic mass is 9.87. The molecule has 4 heteroatoms. The van der Waals surface area contributed by atoms with Crippen LogP contribution in [0.4, 0.5) is 5.69 Å². The highest BCUT2D eigenvalue weighted by atomic mass is 79.9. The van der Waals surface area contributed by atoms with Crippen LogP contribution in [0, 0.1) is 0 Å². The minimum atomic E-state index is 0.307. The fourth-order valence-corrected chi connectivity index (χ4v) is 3.27. The monoisotopic (exact) mass is 365 g/mol. The Labute approximate surface area is 138 Å². The van der Waals surface area contributed by atoms with Gasteiger partial charge in [0.1, 0.15) is 5.75 Å². The maximum absolute atomic E-state index is 6.17. The van der Waals surface area contributed by atoms with Gasteiger partial charge in [-0.15, -0.1) is 0 Å². The van der Waals surface area contributed by atoms with Crippen molar-refractivity contribution >= 4 is 33.2 Å². The first-order valence-electron chi connectivity index (χ1n) is 7.06. The topological polar surface area (TPSA) is 21.3 Å². The number of methoxy groups -OCH3 is 1. The highest BCUT2D eigenvalue weighted by Gasteiger charge is 2.20. The molecule has 3 rings (SSSR count). The molecule has 1 aliphatic rings. The first kappa shape index (κ1) is 14.7. The molecule has 0 aromatic heterocycles. The number of halogens is 2. The first-order chi connectivity index (χ1) is 10.2. The molecule has 0 amide bonds. The van der Waals surface area contributed by atoms with E-state index in [2.05, 4.69) is 33.4 Å². The normalized spacial score (nSPS) is 17.2. The lowest BCUT2D eigenvalue weighted by molar-refractivity contribution is 0.413. The van der Waals surface area contributed by atoms with E-state index in [-0.39, 0.29) is 0 Å². The number of hydrogen-bond acceptors (Lipinski definition) is 2. The zero-order valence-corrected chi connectivity index (χ0v) is 14.2. The van der Waals surface area contributed by atoms with Gasteiger partial charge in [0.25, 0.3) is 0 Å². The Bertz CT molecular complexity index is 659. The Hall–Kier alpha value is -1.19. The van der Waals surface area contributed by atoms with Gasteiger partial charge in [0.05, 0.1) is 18.2 Å². The fourth-order valence-electron chi connectivity index (χ4n) is 2.84. The summed E-state index contributed by atoms with van der Waals surface area (Å²) in [7, 11) is 1.71. The van der Waals surface area contributed by atoms with Gasteiger partial charge in [-0.2, -0.15) is 0 Å². The average Bonchev–Trinajstić information content (AvgIpc) is 2.51. The van der Waals surface area contributed by atoms with Gasteiger partial charge in [0.15, 0.2) is 0 Å². The third-order valence-corrected chi connectivity index (χ3v) is 5.16. The summed E-state index contributed by atoms with van der Waals surface area (Å²) >= 11 is 9.60. The van der Waals surface area contributed by atoms with E-state index in [1.54, 1.807) is 7.11 Å². The highest BCUT2D eigenvalue weighted by Crippen LogP contribution is 2.35. The van der Waals surface area contributed by atoms with Gasteiger partial charge in [-0.05, 0) is 76.7 Å². The lowest BCUT2D eigenvalue weighted by Gasteiger charge is -2.28. The zero-order valence-electron chi connectivity index (χ0n) is 11.8. The van der Waals surface area contributed by atoms with Crippen LogP contribution >= 0.6 is 27.5 Å². The molecule has 0 spiro atoms. The summed E-state index contributed by atoms with van der Waals surface area (Å²) in [5, 5.41) is 4.32. The van der Waals surface area contributed by atoms with Gasteiger partial charge in [0, 0.05) is 10.2 Å². The summed E-state index contributed by atoms with van der Waals surface area (Å²) in [5.41, 5.74) is 3.78. The third kappa shape index (κ3) is 3.19. The molecule has 21 heavy (non-hydrogen) atoms. The number of rotatable bonds is 3. The molecule has 0 aliphatic heterocycles. The summed E-state index contributed by atoms with van der Waals surface area (Å²) in [6.45, 7) is 0. The van der Waals surface area contributed by atoms with Crippen LogP contribution in [0.3, 0.4) is 0 Å². The molecular weight excluding hydrogens is 350 g/mol. The second-order valence-electron chi connectivity index (χ2n) is 5.28.